The molecule has 0 fully saturated rings. The van der Waals surface area contributed by atoms with E-state index < -0.39 is 5.97 Å². The van der Waals surface area contributed by atoms with E-state index in [2.05, 4.69) is 27.3 Å². The number of carboxylic acid groups (broad SMARTS) is 1. The van der Waals surface area contributed by atoms with Gasteiger partial charge in [0.1, 0.15) is 0 Å². The van der Waals surface area contributed by atoms with Crippen LogP contribution in [0.25, 0.3) is 0 Å². The van der Waals surface area contributed by atoms with E-state index >= 15 is 0 Å². The maximum Gasteiger partial charge on any atom is 0.337 e. The minimum atomic E-state index is -0.838. The number of rotatable bonds is 5. The Kier molecular flexibility index (Phi) is 5.84. The summed E-state index contributed by atoms with van der Waals surface area (Å²) in [5.41, 5.74) is 1.29. The normalized spacial score (nSPS) is 10.3. The first kappa shape index (κ1) is 16.8. The van der Waals surface area contributed by atoms with Crippen LogP contribution in [0.5, 0.6) is 0 Å². The van der Waals surface area contributed by atoms with Gasteiger partial charge in [-0.2, -0.15) is 0 Å². The Morgan fingerprint density at radius 1 is 1.18 bits per heavy atom. The van der Waals surface area contributed by atoms with Gasteiger partial charge in [0.15, 0.2) is 0 Å². The van der Waals surface area contributed by atoms with E-state index in [0.717, 1.165) is 18.9 Å². The second kappa shape index (κ2) is 7.64. The lowest BCUT2D eigenvalue weighted by Crippen LogP contribution is -2.00. The Bertz CT molecular complexity index is 698. The summed E-state index contributed by atoms with van der Waals surface area (Å²) >= 11 is 3.76. The van der Waals surface area contributed by atoms with E-state index in [4.69, 9.17) is 5.11 Å². The van der Waals surface area contributed by atoms with Crippen molar-refractivity contribution in [3.8, 4) is 0 Å². The number of carboxylic acids is 1. The quantitative estimate of drug-likeness (QED) is 0.579. The van der Waals surface area contributed by atoms with Crippen LogP contribution in [0.1, 0.15) is 15.9 Å². The lowest BCUT2D eigenvalue weighted by Gasteiger charge is -2.07. The average molecular weight is 428 g/mol. The van der Waals surface area contributed by atoms with Crippen molar-refractivity contribution in [2.75, 3.05) is 7.11 Å². The third-order valence-corrected chi connectivity index (χ3v) is 5.20. The predicted molar refractivity (Wildman–Crippen MR) is 92.4 cm³/mol. The van der Waals surface area contributed by atoms with Gasteiger partial charge >= 0.3 is 11.9 Å². The molecule has 4 nitrogen and oxygen atoms in total. The number of ether oxygens (including phenoxy) is 1. The van der Waals surface area contributed by atoms with Crippen LogP contribution >= 0.6 is 34.4 Å². The van der Waals surface area contributed by atoms with Crippen LogP contribution in [-0.4, -0.2) is 24.2 Å². The first-order valence-corrected chi connectivity index (χ1v) is 8.25. The highest BCUT2D eigenvalue weighted by Crippen LogP contribution is 2.32. The number of methoxy groups -OCH3 is 1. The Hall–Kier alpha value is -1.54. The zero-order chi connectivity index (χ0) is 16.1. The number of hydrogen-bond donors (Lipinski definition) is 1. The van der Waals surface area contributed by atoms with Gasteiger partial charge in [0.2, 0.25) is 0 Å². The third-order valence-electron chi connectivity index (χ3n) is 2.85. The topological polar surface area (TPSA) is 63.6 Å². The predicted octanol–water partition coefficient (Wildman–Crippen LogP) is 3.86. The monoisotopic (exact) mass is 428 g/mol. The molecule has 0 aliphatic rings. The number of aliphatic carboxylic acids is 1. The Morgan fingerprint density at radius 2 is 1.86 bits per heavy atom. The lowest BCUT2D eigenvalue weighted by molar-refractivity contribution is -0.136. The van der Waals surface area contributed by atoms with Crippen LogP contribution < -0.4 is 0 Å². The van der Waals surface area contributed by atoms with Crippen molar-refractivity contribution in [2.24, 2.45) is 0 Å². The highest BCUT2D eigenvalue weighted by Gasteiger charge is 2.08. The molecule has 2 rings (SSSR count). The molecule has 0 saturated carbocycles. The van der Waals surface area contributed by atoms with E-state index in [0.29, 0.717) is 5.56 Å². The third kappa shape index (κ3) is 4.48. The number of esters is 1. The first-order chi connectivity index (χ1) is 10.5. The number of carbonyl (C=O) groups excluding carboxylic acids is 1. The molecule has 0 amide bonds. The summed E-state index contributed by atoms with van der Waals surface area (Å²) in [6, 6.07) is 12.8. The Balaban J connectivity index is 2.13. The van der Waals surface area contributed by atoms with Crippen LogP contribution in [0.15, 0.2) is 52.3 Å². The molecule has 2 aromatic rings. The molecule has 0 saturated heterocycles. The first-order valence-electron chi connectivity index (χ1n) is 6.36. The highest BCUT2D eigenvalue weighted by molar-refractivity contribution is 14.1. The van der Waals surface area contributed by atoms with Gasteiger partial charge in [0.05, 0.1) is 19.1 Å². The fourth-order valence-corrected chi connectivity index (χ4v) is 3.54. The van der Waals surface area contributed by atoms with Gasteiger partial charge in [0.25, 0.3) is 0 Å². The zero-order valence-electron chi connectivity index (χ0n) is 11.7. The van der Waals surface area contributed by atoms with Crippen molar-refractivity contribution in [2.45, 2.75) is 16.2 Å². The summed E-state index contributed by atoms with van der Waals surface area (Å²) in [6.45, 7) is 0. The van der Waals surface area contributed by atoms with E-state index in [-0.39, 0.29) is 12.4 Å². The summed E-state index contributed by atoms with van der Waals surface area (Å²) in [7, 11) is 1.35. The molecule has 22 heavy (non-hydrogen) atoms. The average Bonchev–Trinajstić information content (AvgIpc) is 2.49. The van der Waals surface area contributed by atoms with Crippen LogP contribution in [0, 0.1) is 3.57 Å². The maximum atomic E-state index is 11.4. The Labute approximate surface area is 146 Å². The number of carbonyl (C=O) groups is 2. The van der Waals surface area contributed by atoms with Crippen molar-refractivity contribution >= 4 is 46.3 Å². The summed E-state index contributed by atoms with van der Waals surface area (Å²) in [5.74, 6) is -1.20. The van der Waals surface area contributed by atoms with Crippen molar-refractivity contribution < 1.29 is 19.4 Å². The molecule has 0 aromatic heterocycles. The molecule has 0 radical (unpaired) electrons. The molecular formula is C16H13IO4S. The van der Waals surface area contributed by atoms with E-state index in [1.165, 1.54) is 7.11 Å². The summed E-state index contributed by atoms with van der Waals surface area (Å²) in [4.78, 5) is 24.1. The molecule has 0 aliphatic carbocycles. The van der Waals surface area contributed by atoms with Gasteiger partial charge in [0, 0.05) is 13.4 Å². The summed E-state index contributed by atoms with van der Waals surface area (Å²) < 4.78 is 5.66. The molecule has 6 heteroatoms. The van der Waals surface area contributed by atoms with Gasteiger partial charge in [-0.25, -0.2) is 4.79 Å². The van der Waals surface area contributed by atoms with Gasteiger partial charge < -0.3 is 9.84 Å². The van der Waals surface area contributed by atoms with Crippen molar-refractivity contribution in [3.05, 3.63) is 57.2 Å². The van der Waals surface area contributed by atoms with Crippen LogP contribution in [-0.2, 0) is 16.0 Å². The second-order valence-corrected chi connectivity index (χ2v) is 6.73. The van der Waals surface area contributed by atoms with Gasteiger partial charge in [-0.15, -0.1) is 0 Å². The molecule has 114 valence electrons. The maximum absolute atomic E-state index is 11.4. The zero-order valence-corrected chi connectivity index (χ0v) is 14.7. The van der Waals surface area contributed by atoms with Crippen molar-refractivity contribution in [1.82, 2.24) is 0 Å². The van der Waals surface area contributed by atoms with Gasteiger partial charge in [-0.1, -0.05) is 17.8 Å². The van der Waals surface area contributed by atoms with Crippen LogP contribution in [0.2, 0.25) is 0 Å². The molecule has 0 atom stereocenters. The summed E-state index contributed by atoms with van der Waals surface area (Å²) in [5, 5.41) is 8.81. The van der Waals surface area contributed by atoms with E-state index in [1.807, 2.05) is 30.3 Å². The standard InChI is InChI=1S/C16H13IO4S/c1-21-16(20)11-3-5-12(6-4-11)22-14-7-2-10(8-13(14)17)9-15(18)19/h2-8H,9H2,1H3,(H,18,19). The smallest absolute Gasteiger partial charge is 0.337 e. The SMILES string of the molecule is COC(=O)c1ccc(Sc2ccc(CC(=O)O)cc2I)cc1. The Morgan fingerprint density at radius 3 is 2.41 bits per heavy atom. The molecular weight excluding hydrogens is 415 g/mol. The number of benzene rings is 2. The molecule has 0 aliphatic heterocycles. The lowest BCUT2D eigenvalue weighted by atomic mass is 10.2. The highest BCUT2D eigenvalue weighted by atomic mass is 127. The van der Waals surface area contributed by atoms with Gasteiger partial charge in [-0.05, 0) is 64.6 Å². The summed E-state index contributed by atoms with van der Waals surface area (Å²) in [6.07, 6.45) is 0.0226. The minimum absolute atomic E-state index is 0.0226. The number of hydrogen-bond acceptors (Lipinski definition) is 4. The number of halogens is 1. The fraction of sp³-hybridized carbons (Fsp3) is 0.125. The molecule has 0 spiro atoms. The molecule has 0 unspecified atom stereocenters. The molecule has 1 N–H and O–H groups in total. The van der Waals surface area contributed by atoms with Crippen LogP contribution in [0.4, 0.5) is 0 Å². The molecule has 2 aromatic carbocycles. The molecule has 0 heterocycles. The van der Waals surface area contributed by atoms with Crippen molar-refractivity contribution in [3.63, 3.8) is 0 Å². The van der Waals surface area contributed by atoms with E-state index in [1.54, 1.807) is 23.9 Å². The van der Waals surface area contributed by atoms with E-state index in [9.17, 15) is 9.59 Å². The van der Waals surface area contributed by atoms with Crippen molar-refractivity contribution in [1.29, 1.82) is 0 Å². The molecule has 0 bridgehead atoms. The van der Waals surface area contributed by atoms with Gasteiger partial charge in [-0.3, -0.25) is 4.79 Å². The minimum Gasteiger partial charge on any atom is -0.481 e. The fourth-order valence-electron chi connectivity index (χ4n) is 1.82. The largest absolute Gasteiger partial charge is 0.481 e. The van der Waals surface area contributed by atoms with Crippen LogP contribution in [0.3, 0.4) is 0 Å². The second-order valence-electron chi connectivity index (χ2n) is 4.45.